The molecule has 0 heterocycles. The third-order valence-electron chi connectivity index (χ3n) is 3.17. The third-order valence-corrected chi connectivity index (χ3v) is 5.59. The first-order valence-electron chi connectivity index (χ1n) is 6.75. The van der Waals surface area contributed by atoms with Crippen molar-refractivity contribution in [1.29, 1.82) is 0 Å². The van der Waals surface area contributed by atoms with Crippen molar-refractivity contribution in [2.75, 3.05) is 0 Å². The molecule has 0 aliphatic carbocycles. The Bertz CT molecular complexity index is 696. The largest absolute Gasteiger partial charge is 0.437 e. The smallest absolute Gasteiger partial charge is 0.306 e. The maximum atomic E-state index is 13.6. The van der Waals surface area contributed by atoms with Crippen LogP contribution in [0.5, 0.6) is 5.75 Å². The maximum absolute atomic E-state index is 13.6. The molecule has 0 aliphatic heterocycles. The van der Waals surface area contributed by atoms with Crippen LogP contribution < -0.4 is 15.1 Å². The highest BCUT2D eigenvalue weighted by Gasteiger charge is 2.29. The fourth-order valence-electron chi connectivity index (χ4n) is 2.13. The van der Waals surface area contributed by atoms with Crippen molar-refractivity contribution in [2.24, 2.45) is 0 Å². The van der Waals surface area contributed by atoms with Crippen LogP contribution in [0.4, 0.5) is 0 Å². The molecule has 3 rings (SSSR count). The van der Waals surface area contributed by atoms with E-state index in [1.54, 1.807) is 0 Å². The highest BCUT2D eigenvalue weighted by Crippen LogP contribution is 2.44. The van der Waals surface area contributed by atoms with Gasteiger partial charge in [0.2, 0.25) is 0 Å². The van der Waals surface area contributed by atoms with Gasteiger partial charge in [-0.1, -0.05) is 54.6 Å². The molecular weight excluding hydrogens is 279 g/mol. The van der Waals surface area contributed by atoms with Crippen LogP contribution in [-0.4, -0.2) is 0 Å². The van der Waals surface area contributed by atoms with Crippen LogP contribution in [0.2, 0.25) is 0 Å². The van der Waals surface area contributed by atoms with Crippen molar-refractivity contribution < 1.29 is 9.09 Å². The molecule has 3 aromatic rings. The van der Waals surface area contributed by atoms with E-state index in [1.165, 1.54) is 0 Å². The summed E-state index contributed by atoms with van der Waals surface area (Å²) in [6.45, 7) is 0. The topological polar surface area (TPSA) is 26.3 Å². The number of hydrogen-bond donors (Lipinski definition) is 0. The van der Waals surface area contributed by atoms with Gasteiger partial charge in [-0.25, -0.2) is 0 Å². The summed E-state index contributed by atoms with van der Waals surface area (Å²) in [5, 5.41) is 1.39. The predicted molar refractivity (Wildman–Crippen MR) is 86.8 cm³/mol. The fraction of sp³-hybridized carbons (Fsp3) is 0. The van der Waals surface area contributed by atoms with E-state index in [1.807, 2.05) is 91.0 Å². The van der Waals surface area contributed by atoms with Crippen molar-refractivity contribution in [2.45, 2.75) is 0 Å². The summed E-state index contributed by atoms with van der Waals surface area (Å²) in [5.74, 6) is 0.605. The molecule has 0 aromatic heterocycles. The lowest BCUT2D eigenvalue weighted by Crippen LogP contribution is -2.19. The van der Waals surface area contributed by atoms with Gasteiger partial charge in [0.05, 0.1) is 10.6 Å². The van der Waals surface area contributed by atoms with E-state index in [0.717, 1.165) is 0 Å². The number of para-hydroxylation sites is 1. The SMILES string of the molecule is O=P(Oc1ccccc1)(c1ccccc1)c1ccccc1. The number of benzene rings is 3. The fourth-order valence-corrected chi connectivity index (χ4v) is 4.19. The molecule has 104 valence electrons. The van der Waals surface area contributed by atoms with Gasteiger partial charge in [-0.15, -0.1) is 0 Å². The van der Waals surface area contributed by atoms with Crippen molar-refractivity contribution in [3.05, 3.63) is 91.0 Å². The molecule has 0 radical (unpaired) electrons. The van der Waals surface area contributed by atoms with E-state index in [9.17, 15) is 4.57 Å². The molecule has 0 saturated carbocycles. The van der Waals surface area contributed by atoms with Crippen LogP contribution >= 0.6 is 7.37 Å². The van der Waals surface area contributed by atoms with Gasteiger partial charge >= 0.3 is 7.37 Å². The summed E-state index contributed by atoms with van der Waals surface area (Å²) in [4.78, 5) is 0. The van der Waals surface area contributed by atoms with E-state index in [2.05, 4.69) is 0 Å². The summed E-state index contributed by atoms with van der Waals surface area (Å²) >= 11 is 0. The summed E-state index contributed by atoms with van der Waals surface area (Å²) in [7, 11) is -3.15. The van der Waals surface area contributed by atoms with Gasteiger partial charge in [0.1, 0.15) is 5.75 Å². The zero-order valence-electron chi connectivity index (χ0n) is 11.4. The molecule has 0 amide bonds. The third kappa shape index (κ3) is 2.91. The Morgan fingerprint density at radius 3 is 1.38 bits per heavy atom. The minimum atomic E-state index is -3.15. The van der Waals surface area contributed by atoms with E-state index < -0.39 is 7.37 Å². The van der Waals surface area contributed by atoms with Crippen molar-refractivity contribution in [3.8, 4) is 5.75 Å². The first kappa shape index (κ1) is 13.7. The lowest BCUT2D eigenvalue weighted by atomic mass is 10.3. The molecule has 0 atom stereocenters. The highest BCUT2D eigenvalue weighted by atomic mass is 31.2. The van der Waals surface area contributed by atoms with Crippen molar-refractivity contribution in [3.63, 3.8) is 0 Å². The zero-order valence-corrected chi connectivity index (χ0v) is 12.3. The Morgan fingerprint density at radius 1 is 0.571 bits per heavy atom. The molecule has 0 bridgehead atoms. The van der Waals surface area contributed by atoms with Crippen LogP contribution in [-0.2, 0) is 4.57 Å². The van der Waals surface area contributed by atoms with E-state index in [0.29, 0.717) is 16.4 Å². The zero-order chi connectivity index (χ0) is 14.5. The summed E-state index contributed by atoms with van der Waals surface area (Å²) in [5.41, 5.74) is 0. The van der Waals surface area contributed by atoms with Gasteiger partial charge < -0.3 is 4.52 Å². The summed E-state index contributed by atoms with van der Waals surface area (Å²) in [6, 6.07) is 28.0. The van der Waals surface area contributed by atoms with E-state index in [-0.39, 0.29) is 0 Å². The molecule has 0 N–H and O–H groups in total. The Kier molecular flexibility index (Phi) is 3.89. The number of hydrogen-bond acceptors (Lipinski definition) is 2. The summed E-state index contributed by atoms with van der Waals surface area (Å²) < 4.78 is 19.5. The molecule has 0 saturated heterocycles. The van der Waals surface area contributed by atoms with Gasteiger partial charge in [0, 0.05) is 0 Å². The molecule has 21 heavy (non-hydrogen) atoms. The Labute approximate surface area is 124 Å². The second-order valence-corrected chi connectivity index (χ2v) is 6.95. The Hall–Kier alpha value is -2.31. The molecule has 2 nitrogen and oxygen atoms in total. The van der Waals surface area contributed by atoms with Gasteiger partial charge in [-0.2, -0.15) is 0 Å². The normalized spacial score (nSPS) is 11.0. The molecule has 3 heteroatoms. The molecule has 0 fully saturated rings. The van der Waals surface area contributed by atoms with Gasteiger partial charge in [-0.05, 0) is 36.4 Å². The maximum Gasteiger partial charge on any atom is 0.306 e. The van der Waals surface area contributed by atoms with Crippen LogP contribution in [0.1, 0.15) is 0 Å². The first-order chi connectivity index (χ1) is 10.3. The highest BCUT2D eigenvalue weighted by molar-refractivity contribution is 7.74. The minimum absolute atomic E-state index is 0.605. The quantitative estimate of drug-likeness (QED) is 0.680. The van der Waals surface area contributed by atoms with E-state index >= 15 is 0 Å². The van der Waals surface area contributed by atoms with Gasteiger partial charge in [0.25, 0.3) is 0 Å². The van der Waals surface area contributed by atoms with E-state index in [4.69, 9.17) is 4.52 Å². The molecule has 0 unspecified atom stereocenters. The number of rotatable bonds is 4. The molecule has 0 spiro atoms. The van der Waals surface area contributed by atoms with Crippen LogP contribution in [0, 0.1) is 0 Å². The van der Waals surface area contributed by atoms with Crippen molar-refractivity contribution >= 4 is 18.0 Å². The minimum Gasteiger partial charge on any atom is -0.437 e. The Balaban J connectivity index is 2.10. The standard InChI is InChI=1S/C18H15O2P/c19-21(17-12-6-2-7-13-17,18-14-8-3-9-15-18)20-16-10-4-1-5-11-16/h1-15H. The molecule has 3 aromatic carbocycles. The average molecular weight is 294 g/mol. The lowest BCUT2D eigenvalue weighted by Gasteiger charge is -2.20. The summed E-state index contributed by atoms with van der Waals surface area (Å²) in [6.07, 6.45) is 0. The van der Waals surface area contributed by atoms with Gasteiger partial charge in [-0.3, -0.25) is 4.57 Å². The first-order valence-corrected chi connectivity index (χ1v) is 8.37. The van der Waals surface area contributed by atoms with Crippen LogP contribution in [0.25, 0.3) is 0 Å². The monoisotopic (exact) mass is 294 g/mol. The second kappa shape index (κ2) is 5.99. The Morgan fingerprint density at radius 2 is 0.952 bits per heavy atom. The van der Waals surface area contributed by atoms with Gasteiger partial charge in [0.15, 0.2) is 0 Å². The predicted octanol–water partition coefficient (Wildman–Crippen LogP) is 3.99. The van der Waals surface area contributed by atoms with Crippen LogP contribution in [0.3, 0.4) is 0 Å². The molecule has 0 aliphatic rings. The van der Waals surface area contributed by atoms with Crippen LogP contribution in [0.15, 0.2) is 91.0 Å². The second-order valence-electron chi connectivity index (χ2n) is 4.63. The van der Waals surface area contributed by atoms with Crippen molar-refractivity contribution in [1.82, 2.24) is 0 Å². The lowest BCUT2D eigenvalue weighted by molar-refractivity contribution is 0.503. The molecular formula is C18H15O2P. The average Bonchev–Trinajstić information content (AvgIpc) is 2.57.